The van der Waals surface area contributed by atoms with Crippen molar-refractivity contribution in [2.75, 3.05) is 40.9 Å². The van der Waals surface area contributed by atoms with Crippen LogP contribution in [0.25, 0.3) is 0 Å². The quantitative estimate of drug-likeness (QED) is 0.673. The molecule has 0 saturated carbocycles. The van der Waals surface area contributed by atoms with E-state index in [-0.39, 0.29) is 24.0 Å². The predicted molar refractivity (Wildman–Crippen MR) is 98.8 cm³/mol. The minimum absolute atomic E-state index is 0.0875. The van der Waals surface area contributed by atoms with Gasteiger partial charge in [0, 0.05) is 20.1 Å². The summed E-state index contributed by atoms with van der Waals surface area (Å²) in [5, 5.41) is 0. The van der Waals surface area contributed by atoms with Crippen LogP contribution in [0.1, 0.15) is 5.56 Å². The van der Waals surface area contributed by atoms with Crippen LogP contribution in [-0.4, -0.2) is 56.6 Å². The highest BCUT2D eigenvalue weighted by atomic mass is 19.1. The summed E-state index contributed by atoms with van der Waals surface area (Å²) in [6, 6.07) is 10.4. The molecule has 27 heavy (non-hydrogen) atoms. The molecule has 0 aliphatic carbocycles. The second-order valence-electron chi connectivity index (χ2n) is 6.26. The summed E-state index contributed by atoms with van der Waals surface area (Å²) in [5.74, 6) is -0.102. The normalized spacial score (nSPS) is 10.7. The van der Waals surface area contributed by atoms with Crippen molar-refractivity contribution in [1.82, 2.24) is 9.80 Å². The molecule has 2 aromatic carbocycles. The predicted octanol–water partition coefficient (Wildman–Crippen LogP) is 2.94. The Balaban J connectivity index is 1.75. The molecule has 146 valence electrons. The second-order valence-corrected chi connectivity index (χ2v) is 6.26. The summed E-state index contributed by atoms with van der Waals surface area (Å²) in [4.78, 5) is 15.7. The fourth-order valence-corrected chi connectivity index (χ4v) is 2.45. The third kappa shape index (κ3) is 6.53. The molecular weight excluding hydrogens is 354 g/mol. The number of benzene rings is 2. The summed E-state index contributed by atoms with van der Waals surface area (Å²) >= 11 is 0. The van der Waals surface area contributed by atoms with Crippen molar-refractivity contribution in [3.05, 3.63) is 59.7 Å². The molecule has 0 N–H and O–H groups in total. The average Bonchev–Trinajstić information content (AvgIpc) is 2.63. The van der Waals surface area contributed by atoms with E-state index in [0.29, 0.717) is 31.0 Å². The van der Waals surface area contributed by atoms with Gasteiger partial charge >= 0.3 is 0 Å². The van der Waals surface area contributed by atoms with E-state index < -0.39 is 5.82 Å². The third-order valence-corrected chi connectivity index (χ3v) is 4.02. The Kier molecular flexibility index (Phi) is 7.55. The highest BCUT2D eigenvalue weighted by molar-refractivity contribution is 5.77. The average molecular weight is 378 g/mol. The first-order chi connectivity index (χ1) is 12.9. The maximum Gasteiger partial charge on any atom is 0.236 e. The number of rotatable bonds is 9. The van der Waals surface area contributed by atoms with Crippen LogP contribution in [0.3, 0.4) is 0 Å². The van der Waals surface area contributed by atoms with Crippen LogP contribution in [0, 0.1) is 11.6 Å². The Bertz CT molecular complexity index is 753. The van der Waals surface area contributed by atoms with Gasteiger partial charge in [0.1, 0.15) is 18.2 Å². The number of likely N-dealkylation sites (N-methyl/N-ethyl adjacent to an activating group) is 2. The van der Waals surface area contributed by atoms with Crippen molar-refractivity contribution in [3.8, 4) is 11.5 Å². The lowest BCUT2D eigenvalue weighted by Crippen LogP contribution is -2.37. The van der Waals surface area contributed by atoms with Crippen molar-refractivity contribution in [2.45, 2.75) is 6.54 Å². The van der Waals surface area contributed by atoms with Crippen molar-refractivity contribution >= 4 is 5.91 Å². The van der Waals surface area contributed by atoms with Gasteiger partial charge in [0.15, 0.2) is 11.6 Å². The zero-order valence-corrected chi connectivity index (χ0v) is 15.7. The number of ether oxygens (including phenoxy) is 2. The minimum Gasteiger partial charge on any atom is -0.494 e. The van der Waals surface area contributed by atoms with Gasteiger partial charge in [-0.1, -0.05) is 6.07 Å². The van der Waals surface area contributed by atoms with Crippen molar-refractivity contribution < 1.29 is 23.0 Å². The fourth-order valence-electron chi connectivity index (χ4n) is 2.45. The van der Waals surface area contributed by atoms with Crippen molar-refractivity contribution in [3.63, 3.8) is 0 Å². The molecule has 0 fully saturated rings. The van der Waals surface area contributed by atoms with E-state index >= 15 is 0 Å². The van der Waals surface area contributed by atoms with E-state index in [1.807, 2.05) is 11.9 Å². The number of carbonyl (C=O) groups is 1. The van der Waals surface area contributed by atoms with Gasteiger partial charge in [-0.3, -0.25) is 9.69 Å². The number of nitrogens with zero attached hydrogens (tertiary/aromatic N) is 2. The molecule has 0 atom stereocenters. The first-order valence-corrected chi connectivity index (χ1v) is 8.52. The molecule has 7 heteroatoms. The van der Waals surface area contributed by atoms with Gasteiger partial charge in [0.25, 0.3) is 0 Å². The smallest absolute Gasteiger partial charge is 0.236 e. The van der Waals surface area contributed by atoms with Crippen LogP contribution < -0.4 is 9.47 Å². The number of hydrogen-bond acceptors (Lipinski definition) is 4. The molecule has 0 unspecified atom stereocenters. The molecule has 2 aromatic rings. The molecule has 0 spiro atoms. The van der Waals surface area contributed by atoms with E-state index in [1.165, 1.54) is 25.3 Å². The number of hydrogen-bond donors (Lipinski definition) is 0. The molecule has 2 rings (SSSR count). The van der Waals surface area contributed by atoms with Crippen LogP contribution in [0.15, 0.2) is 42.5 Å². The van der Waals surface area contributed by atoms with E-state index in [9.17, 15) is 13.6 Å². The van der Waals surface area contributed by atoms with E-state index in [0.717, 1.165) is 0 Å². The Labute approximate surface area is 158 Å². The molecule has 0 radical (unpaired) electrons. The van der Waals surface area contributed by atoms with Gasteiger partial charge in [-0.05, 0) is 49.0 Å². The van der Waals surface area contributed by atoms with Gasteiger partial charge in [-0.25, -0.2) is 8.78 Å². The standard InChI is InChI=1S/C20H24F2N2O3/c1-23(10-11-27-17-7-5-16(21)6-8-17)14-20(25)24(2)13-15-4-9-19(26-3)18(22)12-15/h4-9,12H,10-11,13-14H2,1-3H3. The molecule has 0 heterocycles. The van der Waals surface area contributed by atoms with Gasteiger partial charge in [-0.15, -0.1) is 0 Å². The lowest BCUT2D eigenvalue weighted by atomic mass is 10.2. The van der Waals surface area contributed by atoms with E-state index in [2.05, 4.69) is 0 Å². The number of amides is 1. The van der Waals surface area contributed by atoms with Gasteiger partial charge in [0.05, 0.1) is 13.7 Å². The minimum atomic E-state index is -0.453. The molecule has 1 amide bonds. The van der Waals surface area contributed by atoms with Crippen molar-refractivity contribution in [2.24, 2.45) is 0 Å². The van der Waals surface area contributed by atoms with Crippen LogP contribution in [-0.2, 0) is 11.3 Å². The maximum atomic E-state index is 13.7. The third-order valence-electron chi connectivity index (χ3n) is 4.02. The molecular formula is C20H24F2N2O3. The summed E-state index contributed by atoms with van der Waals surface area (Å²) in [7, 11) is 4.89. The van der Waals surface area contributed by atoms with Gasteiger partial charge in [-0.2, -0.15) is 0 Å². The Morgan fingerprint density at radius 1 is 1.07 bits per heavy atom. The molecule has 5 nitrogen and oxygen atoms in total. The number of halogens is 2. The van der Waals surface area contributed by atoms with Crippen LogP contribution in [0.2, 0.25) is 0 Å². The van der Waals surface area contributed by atoms with Crippen LogP contribution in [0.4, 0.5) is 8.78 Å². The summed E-state index contributed by atoms with van der Waals surface area (Å²) in [6.45, 7) is 1.43. The second kappa shape index (κ2) is 9.87. The summed E-state index contributed by atoms with van der Waals surface area (Å²) < 4.78 is 37.0. The highest BCUT2D eigenvalue weighted by Crippen LogP contribution is 2.18. The molecule has 0 aliphatic heterocycles. The Morgan fingerprint density at radius 2 is 1.78 bits per heavy atom. The molecule has 0 saturated heterocycles. The summed E-state index contributed by atoms with van der Waals surface area (Å²) in [5.41, 5.74) is 0.687. The van der Waals surface area contributed by atoms with Gasteiger partial charge < -0.3 is 14.4 Å². The largest absolute Gasteiger partial charge is 0.494 e. The van der Waals surface area contributed by atoms with E-state index in [1.54, 1.807) is 36.2 Å². The van der Waals surface area contributed by atoms with Crippen molar-refractivity contribution in [1.29, 1.82) is 0 Å². The zero-order valence-electron chi connectivity index (χ0n) is 15.7. The number of methoxy groups -OCH3 is 1. The molecule has 0 bridgehead atoms. The molecule has 0 aliphatic rings. The van der Waals surface area contributed by atoms with E-state index in [4.69, 9.17) is 9.47 Å². The monoisotopic (exact) mass is 378 g/mol. The summed E-state index contributed by atoms with van der Waals surface area (Å²) in [6.07, 6.45) is 0. The topological polar surface area (TPSA) is 42.0 Å². The fraction of sp³-hybridized carbons (Fsp3) is 0.350. The first-order valence-electron chi connectivity index (χ1n) is 8.52. The maximum absolute atomic E-state index is 13.7. The zero-order chi connectivity index (χ0) is 19.8. The molecule has 0 aromatic heterocycles. The SMILES string of the molecule is COc1ccc(CN(C)C(=O)CN(C)CCOc2ccc(F)cc2)cc1F. The lowest BCUT2D eigenvalue weighted by Gasteiger charge is -2.22. The Morgan fingerprint density at radius 3 is 2.41 bits per heavy atom. The Hall–Kier alpha value is -2.67. The van der Waals surface area contributed by atoms with Gasteiger partial charge in [0.2, 0.25) is 5.91 Å². The first kappa shape index (κ1) is 20.6. The van der Waals surface area contributed by atoms with Crippen LogP contribution >= 0.6 is 0 Å². The lowest BCUT2D eigenvalue weighted by molar-refractivity contribution is -0.131. The number of carbonyl (C=O) groups excluding carboxylic acids is 1. The highest BCUT2D eigenvalue weighted by Gasteiger charge is 2.13. The van der Waals surface area contributed by atoms with Crippen LogP contribution in [0.5, 0.6) is 11.5 Å².